The average Bonchev–Trinajstić information content (AvgIpc) is 3.03. The largest absolute Gasteiger partial charge is 0.497 e. The van der Waals surface area contributed by atoms with E-state index in [0.29, 0.717) is 17.9 Å². The van der Waals surface area contributed by atoms with Crippen molar-refractivity contribution < 1.29 is 14.3 Å². The number of hydrogen-bond acceptors (Lipinski definition) is 4. The number of ether oxygens (including phenoxy) is 2. The molecule has 0 bridgehead atoms. The van der Waals surface area contributed by atoms with Crippen LogP contribution in [0.4, 0.5) is 0 Å². The fourth-order valence-electron chi connectivity index (χ4n) is 2.26. The molecule has 1 aliphatic rings. The van der Waals surface area contributed by atoms with E-state index in [1.807, 2.05) is 0 Å². The molecule has 23 heavy (non-hydrogen) atoms. The third kappa shape index (κ3) is 5.69. The van der Waals surface area contributed by atoms with Gasteiger partial charge in [-0.05, 0) is 37.1 Å². The first-order chi connectivity index (χ1) is 10.9. The molecule has 2 atom stereocenters. The Hall–Kier alpha value is -0.720. The molecule has 2 rings (SSSR count). The number of carbonyl (C=O) groups excluding carboxylic acids is 1. The number of alkyl halides is 3. The Bertz CT molecular complexity index is 514. The molecule has 0 saturated carbocycles. The highest BCUT2D eigenvalue weighted by Gasteiger charge is 2.34. The molecule has 1 amide bonds. The Labute approximate surface area is 150 Å². The first-order valence-corrected chi connectivity index (χ1v) is 8.40. The smallest absolute Gasteiger partial charge is 0.252 e. The molecule has 0 spiro atoms. The summed E-state index contributed by atoms with van der Waals surface area (Å²) in [7, 11) is 1.56. The molecule has 1 aromatic rings. The van der Waals surface area contributed by atoms with Crippen LogP contribution in [-0.4, -0.2) is 42.2 Å². The van der Waals surface area contributed by atoms with E-state index in [4.69, 9.17) is 44.3 Å². The molecular formula is C15H19Cl3N2O3. The number of carbonyl (C=O) groups is 1. The van der Waals surface area contributed by atoms with Crippen molar-refractivity contribution in [3.63, 3.8) is 0 Å². The summed E-state index contributed by atoms with van der Waals surface area (Å²) in [6.45, 7) is 1.24. The lowest BCUT2D eigenvalue weighted by Gasteiger charge is -2.27. The Kier molecular flexibility index (Phi) is 6.80. The average molecular weight is 382 g/mol. The van der Waals surface area contributed by atoms with Crippen LogP contribution in [0, 0.1) is 0 Å². The lowest BCUT2D eigenvalue weighted by Crippen LogP contribution is -2.54. The van der Waals surface area contributed by atoms with E-state index < -0.39 is 9.96 Å². The van der Waals surface area contributed by atoms with Gasteiger partial charge in [-0.1, -0.05) is 34.8 Å². The predicted molar refractivity (Wildman–Crippen MR) is 91.5 cm³/mol. The van der Waals surface area contributed by atoms with Crippen LogP contribution in [0.2, 0.25) is 0 Å². The molecule has 1 aliphatic heterocycles. The highest BCUT2D eigenvalue weighted by Crippen LogP contribution is 2.29. The maximum absolute atomic E-state index is 12.3. The van der Waals surface area contributed by atoms with Crippen LogP contribution >= 0.6 is 34.8 Å². The number of amides is 1. The maximum atomic E-state index is 12.3. The molecule has 8 heteroatoms. The fourth-order valence-corrected chi connectivity index (χ4v) is 2.66. The second-order valence-electron chi connectivity index (χ2n) is 5.22. The molecule has 2 N–H and O–H groups in total. The van der Waals surface area contributed by atoms with E-state index >= 15 is 0 Å². The predicted octanol–water partition coefficient (Wildman–Crippen LogP) is 2.89. The van der Waals surface area contributed by atoms with Crippen LogP contribution < -0.4 is 15.4 Å². The van der Waals surface area contributed by atoms with Gasteiger partial charge in [0.05, 0.1) is 13.2 Å². The summed E-state index contributed by atoms with van der Waals surface area (Å²) in [5.41, 5.74) is 0.448. The van der Waals surface area contributed by atoms with Crippen molar-refractivity contribution >= 4 is 40.7 Å². The lowest BCUT2D eigenvalue weighted by molar-refractivity contribution is 0.0897. The molecule has 128 valence electrons. The Morgan fingerprint density at radius 3 is 2.61 bits per heavy atom. The highest BCUT2D eigenvalue weighted by atomic mass is 35.6. The quantitative estimate of drug-likeness (QED) is 0.587. The second kappa shape index (κ2) is 8.40. The van der Waals surface area contributed by atoms with Gasteiger partial charge < -0.3 is 14.8 Å². The topological polar surface area (TPSA) is 59.6 Å². The van der Waals surface area contributed by atoms with Crippen LogP contribution in [-0.2, 0) is 4.74 Å². The van der Waals surface area contributed by atoms with Crippen molar-refractivity contribution in [2.45, 2.75) is 28.9 Å². The number of halogens is 3. The van der Waals surface area contributed by atoms with Gasteiger partial charge in [0.1, 0.15) is 11.9 Å². The monoisotopic (exact) mass is 380 g/mol. The van der Waals surface area contributed by atoms with Crippen molar-refractivity contribution in [2.24, 2.45) is 0 Å². The number of hydrogen-bond donors (Lipinski definition) is 2. The summed E-state index contributed by atoms with van der Waals surface area (Å²) in [6.07, 6.45) is 1.21. The zero-order valence-electron chi connectivity index (χ0n) is 12.7. The maximum Gasteiger partial charge on any atom is 0.252 e. The fraction of sp³-hybridized carbons (Fsp3) is 0.533. The van der Waals surface area contributed by atoms with Gasteiger partial charge in [0, 0.05) is 18.7 Å². The minimum Gasteiger partial charge on any atom is -0.497 e. The Morgan fingerprint density at radius 1 is 1.39 bits per heavy atom. The van der Waals surface area contributed by atoms with Crippen molar-refractivity contribution in [1.82, 2.24) is 10.6 Å². The molecule has 0 unspecified atom stereocenters. The van der Waals surface area contributed by atoms with Gasteiger partial charge in [0.25, 0.3) is 5.91 Å². The van der Waals surface area contributed by atoms with Crippen molar-refractivity contribution in [2.75, 3.05) is 20.3 Å². The normalized spacial score (nSPS) is 19.4. The molecule has 0 aliphatic carbocycles. The van der Waals surface area contributed by atoms with Crippen molar-refractivity contribution in [3.8, 4) is 5.75 Å². The first-order valence-electron chi connectivity index (χ1n) is 7.27. The SMILES string of the molecule is COc1ccc(C(=O)N[C@H](NC[C@@H]2CCCO2)C(Cl)(Cl)Cl)cc1. The molecule has 1 aromatic carbocycles. The minimum atomic E-state index is -1.68. The van der Waals surface area contributed by atoms with Crippen molar-refractivity contribution in [3.05, 3.63) is 29.8 Å². The Balaban J connectivity index is 1.96. The van der Waals surface area contributed by atoms with Gasteiger partial charge in [-0.25, -0.2) is 0 Å². The van der Waals surface area contributed by atoms with E-state index in [0.717, 1.165) is 19.4 Å². The van der Waals surface area contributed by atoms with E-state index in [-0.39, 0.29) is 12.0 Å². The van der Waals surface area contributed by atoms with Crippen LogP contribution in [0.3, 0.4) is 0 Å². The van der Waals surface area contributed by atoms with E-state index in [1.54, 1.807) is 31.4 Å². The van der Waals surface area contributed by atoms with Crippen LogP contribution in [0.5, 0.6) is 5.75 Å². The minimum absolute atomic E-state index is 0.0720. The number of benzene rings is 1. The van der Waals surface area contributed by atoms with Gasteiger partial charge in [-0.15, -0.1) is 0 Å². The lowest BCUT2D eigenvalue weighted by atomic mass is 10.2. The number of methoxy groups -OCH3 is 1. The van der Waals surface area contributed by atoms with E-state index in [2.05, 4.69) is 10.6 Å². The zero-order valence-corrected chi connectivity index (χ0v) is 14.9. The van der Waals surface area contributed by atoms with Gasteiger partial charge in [0.2, 0.25) is 3.79 Å². The zero-order chi connectivity index (χ0) is 16.9. The van der Waals surface area contributed by atoms with Gasteiger partial charge in [0.15, 0.2) is 0 Å². The molecule has 5 nitrogen and oxygen atoms in total. The van der Waals surface area contributed by atoms with Crippen molar-refractivity contribution in [1.29, 1.82) is 0 Å². The van der Waals surface area contributed by atoms with Gasteiger partial charge in [-0.3, -0.25) is 10.1 Å². The molecule has 0 radical (unpaired) electrons. The van der Waals surface area contributed by atoms with Crippen LogP contribution in [0.25, 0.3) is 0 Å². The van der Waals surface area contributed by atoms with Gasteiger partial charge >= 0.3 is 0 Å². The Morgan fingerprint density at radius 2 is 2.09 bits per heavy atom. The van der Waals surface area contributed by atoms with E-state index in [1.165, 1.54) is 0 Å². The summed E-state index contributed by atoms with van der Waals surface area (Å²) in [4.78, 5) is 12.3. The van der Waals surface area contributed by atoms with Crippen LogP contribution in [0.1, 0.15) is 23.2 Å². The van der Waals surface area contributed by atoms with E-state index in [9.17, 15) is 4.79 Å². The summed E-state index contributed by atoms with van der Waals surface area (Å²) in [5.74, 6) is 0.319. The summed E-state index contributed by atoms with van der Waals surface area (Å²) in [5, 5.41) is 5.74. The third-order valence-corrected chi connectivity index (χ3v) is 4.18. The molecule has 0 aromatic heterocycles. The van der Waals surface area contributed by atoms with Gasteiger partial charge in [-0.2, -0.15) is 0 Å². The number of nitrogens with one attached hydrogen (secondary N) is 2. The highest BCUT2D eigenvalue weighted by molar-refractivity contribution is 6.68. The standard InChI is InChI=1S/C15H19Cl3N2O3/c1-22-11-6-4-10(5-7-11)13(21)20-14(15(16,17)18)19-9-12-3-2-8-23-12/h4-7,12,14,19H,2-3,8-9H2,1H3,(H,20,21)/t12-,14-/m0/s1. The molecular weight excluding hydrogens is 363 g/mol. The summed E-state index contributed by atoms with van der Waals surface area (Å²) < 4.78 is 8.89. The molecule has 1 saturated heterocycles. The molecule has 1 heterocycles. The first kappa shape index (κ1) is 18.6. The second-order valence-corrected chi connectivity index (χ2v) is 7.59. The number of rotatable bonds is 6. The third-order valence-electron chi connectivity index (χ3n) is 3.53. The summed E-state index contributed by atoms with van der Waals surface area (Å²) in [6, 6.07) is 6.67. The summed E-state index contributed by atoms with van der Waals surface area (Å²) >= 11 is 17.9. The van der Waals surface area contributed by atoms with Crippen LogP contribution in [0.15, 0.2) is 24.3 Å². The molecule has 1 fully saturated rings.